The lowest BCUT2D eigenvalue weighted by Gasteiger charge is -1.90. The summed E-state index contributed by atoms with van der Waals surface area (Å²) < 4.78 is 0.457. The Bertz CT molecular complexity index is 269. The Morgan fingerprint density at radius 2 is 2.44 bits per heavy atom. The summed E-state index contributed by atoms with van der Waals surface area (Å²) in [4.78, 5) is 5.88. The van der Waals surface area contributed by atoms with Crippen LogP contribution >= 0.6 is 15.9 Å². The standard InChI is InChI=1S/C4H4BrN3O/c5-2-1-7-4(6)8-3(2)9/h1H,(H3,6,7,8,9). The molecule has 0 aliphatic carbocycles. The van der Waals surface area contributed by atoms with E-state index in [1.165, 1.54) is 6.20 Å². The number of hydrogen-bond donors (Lipinski definition) is 3. The molecular weight excluding hydrogens is 186 g/mol. The monoisotopic (exact) mass is 189 g/mol. The van der Waals surface area contributed by atoms with Crippen molar-refractivity contribution < 1.29 is 5.11 Å². The van der Waals surface area contributed by atoms with Gasteiger partial charge in [0.15, 0.2) is 0 Å². The van der Waals surface area contributed by atoms with Gasteiger partial charge in [-0.15, -0.1) is 0 Å². The van der Waals surface area contributed by atoms with Crippen molar-refractivity contribution in [3.05, 3.63) is 16.3 Å². The molecule has 0 saturated carbocycles. The summed E-state index contributed by atoms with van der Waals surface area (Å²) in [5.41, 5.74) is -0.0595. The van der Waals surface area contributed by atoms with Crippen LogP contribution in [0.1, 0.15) is 0 Å². The van der Waals surface area contributed by atoms with Gasteiger partial charge in [0.05, 0.1) is 4.47 Å². The largest absolute Gasteiger partial charge is 0.492 e. The molecule has 1 aromatic rings. The van der Waals surface area contributed by atoms with E-state index in [1.807, 2.05) is 0 Å². The van der Waals surface area contributed by atoms with Gasteiger partial charge in [-0.1, -0.05) is 0 Å². The van der Waals surface area contributed by atoms with E-state index in [2.05, 4.69) is 25.9 Å². The van der Waals surface area contributed by atoms with Crippen LogP contribution in [-0.4, -0.2) is 15.1 Å². The van der Waals surface area contributed by atoms with Gasteiger partial charge in [0.1, 0.15) is 0 Å². The maximum Gasteiger partial charge on any atom is 0.230 e. The summed E-state index contributed by atoms with van der Waals surface area (Å²) >= 11 is 3.00. The van der Waals surface area contributed by atoms with E-state index in [1.54, 1.807) is 0 Å². The van der Waals surface area contributed by atoms with Crippen LogP contribution in [0.4, 0.5) is 0 Å². The third kappa shape index (κ3) is 1.29. The van der Waals surface area contributed by atoms with Gasteiger partial charge in [0.2, 0.25) is 11.5 Å². The maximum atomic E-state index is 8.80. The Balaban J connectivity index is 3.34. The molecule has 0 unspecified atom stereocenters. The molecule has 0 spiro atoms. The van der Waals surface area contributed by atoms with Crippen molar-refractivity contribution in [3.63, 3.8) is 0 Å². The van der Waals surface area contributed by atoms with Gasteiger partial charge in [-0.05, 0) is 15.9 Å². The zero-order valence-electron chi connectivity index (χ0n) is 4.35. The van der Waals surface area contributed by atoms with Gasteiger partial charge >= 0.3 is 0 Å². The molecule has 1 heterocycles. The number of halogens is 1. The van der Waals surface area contributed by atoms with E-state index in [4.69, 9.17) is 10.5 Å². The first kappa shape index (κ1) is 6.28. The highest BCUT2D eigenvalue weighted by Crippen LogP contribution is 2.15. The Morgan fingerprint density at radius 3 is 2.89 bits per heavy atom. The van der Waals surface area contributed by atoms with Gasteiger partial charge in [0.25, 0.3) is 0 Å². The lowest BCUT2D eigenvalue weighted by Crippen LogP contribution is -2.08. The third-order valence-electron chi connectivity index (χ3n) is 0.767. The molecule has 9 heavy (non-hydrogen) atoms. The highest BCUT2D eigenvalue weighted by atomic mass is 79.9. The molecule has 0 aliphatic rings. The molecule has 0 aliphatic heterocycles. The number of aromatic amines is 1. The molecule has 3 N–H and O–H groups in total. The first-order valence-electron chi connectivity index (χ1n) is 2.19. The number of hydrogen-bond acceptors (Lipinski definition) is 3. The highest BCUT2D eigenvalue weighted by Gasteiger charge is 1.94. The summed E-state index contributed by atoms with van der Waals surface area (Å²) in [6.07, 6.45) is 1.45. The molecule has 0 atom stereocenters. The molecule has 0 bridgehead atoms. The summed E-state index contributed by atoms with van der Waals surface area (Å²) in [7, 11) is 0. The van der Waals surface area contributed by atoms with Crippen LogP contribution in [0.25, 0.3) is 0 Å². The van der Waals surface area contributed by atoms with Crippen molar-refractivity contribution in [3.8, 4) is 5.88 Å². The molecule has 0 saturated heterocycles. The number of H-pyrrole nitrogens is 1. The van der Waals surface area contributed by atoms with Gasteiger partial charge in [0, 0.05) is 6.20 Å². The van der Waals surface area contributed by atoms with Crippen molar-refractivity contribution in [2.75, 3.05) is 0 Å². The first-order chi connectivity index (χ1) is 4.20. The van der Waals surface area contributed by atoms with E-state index in [0.29, 0.717) is 4.47 Å². The SMILES string of the molecule is N=c1nc(O)c(Br)c[nH]1. The molecule has 0 radical (unpaired) electrons. The van der Waals surface area contributed by atoms with Crippen LogP contribution in [0.5, 0.6) is 5.88 Å². The molecule has 0 fully saturated rings. The Hall–Kier alpha value is -0.840. The number of aromatic hydroxyl groups is 1. The van der Waals surface area contributed by atoms with Crippen molar-refractivity contribution in [1.29, 1.82) is 5.41 Å². The second-order valence-electron chi connectivity index (χ2n) is 1.42. The quantitative estimate of drug-likeness (QED) is 0.552. The average Bonchev–Trinajstić information content (AvgIpc) is 1.80. The highest BCUT2D eigenvalue weighted by molar-refractivity contribution is 9.10. The predicted molar refractivity (Wildman–Crippen MR) is 33.8 cm³/mol. The second-order valence-corrected chi connectivity index (χ2v) is 2.27. The second kappa shape index (κ2) is 2.18. The maximum absolute atomic E-state index is 8.80. The van der Waals surface area contributed by atoms with Gasteiger partial charge in [-0.25, -0.2) is 0 Å². The van der Waals surface area contributed by atoms with Crippen molar-refractivity contribution in [1.82, 2.24) is 9.97 Å². The Morgan fingerprint density at radius 1 is 1.78 bits per heavy atom. The first-order valence-corrected chi connectivity index (χ1v) is 2.98. The Labute approximate surface area is 59.2 Å². The molecule has 5 heteroatoms. The zero-order valence-corrected chi connectivity index (χ0v) is 5.94. The number of rotatable bonds is 0. The fourth-order valence-corrected chi connectivity index (χ4v) is 0.591. The summed E-state index contributed by atoms with van der Waals surface area (Å²) in [6.45, 7) is 0. The lowest BCUT2D eigenvalue weighted by molar-refractivity contribution is 0.444. The molecule has 0 aromatic carbocycles. The van der Waals surface area contributed by atoms with E-state index in [-0.39, 0.29) is 11.5 Å². The molecule has 4 nitrogen and oxygen atoms in total. The van der Waals surface area contributed by atoms with Gasteiger partial charge in [-0.3, -0.25) is 5.41 Å². The van der Waals surface area contributed by atoms with Crippen LogP contribution in [0.15, 0.2) is 10.7 Å². The van der Waals surface area contributed by atoms with E-state index in [9.17, 15) is 0 Å². The fraction of sp³-hybridized carbons (Fsp3) is 0. The lowest BCUT2D eigenvalue weighted by atomic mass is 10.6. The minimum atomic E-state index is -0.168. The van der Waals surface area contributed by atoms with E-state index >= 15 is 0 Å². The molecular formula is C4H4BrN3O. The van der Waals surface area contributed by atoms with Crippen molar-refractivity contribution in [2.45, 2.75) is 0 Å². The van der Waals surface area contributed by atoms with E-state index < -0.39 is 0 Å². The molecule has 1 rings (SSSR count). The van der Waals surface area contributed by atoms with Crippen LogP contribution in [0, 0.1) is 5.41 Å². The van der Waals surface area contributed by atoms with E-state index in [0.717, 1.165) is 0 Å². The van der Waals surface area contributed by atoms with Crippen LogP contribution < -0.4 is 5.62 Å². The van der Waals surface area contributed by atoms with Crippen LogP contribution in [0.3, 0.4) is 0 Å². The van der Waals surface area contributed by atoms with Crippen LogP contribution in [0.2, 0.25) is 0 Å². The topological polar surface area (TPSA) is 72.8 Å². The average molecular weight is 190 g/mol. The Kier molecular flexibility index (Phi) is 1.52. The van der Waals surface area contributed by atoms with Crippen LogP contribution in [-0.2, 0) is 0 Å². The van der Waals surface area contributed by atoms with Gasteiger partial charge in [-0.2, -0.15) is 4.98 Å². The normalized spacial score (nSPS) is 9.44. The smallest absolute Gasteiger partial charge is 0.230 e. The summed E-state index contributed by atoms with van der Waals surface area (Å²) in [5.74, 6) is -0.168. The molecule has 48 valence electrons. The number of nitrogens with zero attached hydrogens (tertiary/aromatic N) is 1. The number of aromatic nitrogens is 2. The predicted octanol–water partition coefficient (Wildman–Crippen LogP) is 0.357. The fourth-order valence-electron chi connectivity index (χ4n) is 0.388. The molecule has 0 amide bonds. The summed E-state index contributed by atoms with van der Waals surface area (Å²) in [5, 5.41) is 15.7. The minimum Gasteiger partial charge on any atom is -0.492 e. The van der Waals surface area contributed by atoms with Crippen molar-refractivity contribution >= 4 is 15.9 Å². The minimum absolute atomic E-state index is 0.0595. The number of nitrogens with one attached hydrogen (secondary N) is 2. The third-order valence-corrected chi connectivity index (χ3v) is 1.35. The zero-order chi connectivity index (χ0) is 6.85. The molecule has 1 aromatic heterocycles. The summed E-state index contributed by atoms with van der Waals surface area (Å²) in [6, 6.07) is 0. The van der Waals surface area contributed by atoms with Gasteiger partial charge < -0.3 is 10.1 Å². The van der Waals surface area contributed by atoms with Crippen molar-refractivity contribution in [2.24, 2.45) is 0 Å².